The molecule has 1 saturated heterocycles. The van der Waals surface area contributed by atoms with Crippen LogP contribution < -0.4 is 5.32 Å². The van der Waals surface area contributed by atoms with E-state index >= 15 is 0 Å². The number of carbonyl (C=O) groups excluding carboxylic acids is 2. The number of hydrogen-bond acceptors (Lipinski definition) is 4. The van der Waals surface area contributed by atoms with Gasteiger partial charge in [-0.15, -0.1) is 0 Å². The molecule has 1 aliphatic rings. The molecular weight excluding hydrogens is 354 g/mol. The normalized spacial score (nSPS) is 17.6. The van der Waals surface area contributed by atoms with Crippen molar-refractivity contribution in [3.8, 4) is 0 Å². The van der Waals surface area contributed by atoms with Gasteiger partial charge in [0.15, 0.2) is 0 Å². The van der Waals surface area contributed by atoms with E-state index in [-0.39, 0.29) is 24.3 Å². The van der Waals surface area contributed by atoms with Crippen LogP contribution in [0.2, 0.25) is 0 Å². The van der Waals surface area contributed by atoms with Gasteiger partial charge < -0.3 is 14.6 Å². The van der Waals surface area contributed by atoms with Crippen LogP contribution in [0.5, 0.6) is 0 Å². The first-order chi connectivity index (χ1) is 13.5. The molecule has 150 valence electrons. The fraction of sp³-hybridized carbons (Fsp3) is 0.455. The molecule has 0 aliphatic carbocycles. The molecule has 2 aromatic rings. The summed E-state index contributed by atoms with van der Waals surface area (Å²) in [4.78, 5) is 29.6. The van der Waals surface area contributed by atoms with Crippen LogP contribution in [0, 0.1) is 6.92 Å². The summed E-state index contributed by atoms with van der Waals surface area (Å²) < 4.78 is 5.14. The number of rotatable bonds is 7. The van der Waals surface area contributed by atoms with E-state index in [0.717, 1.165) is 16.7 Å². The molecule has 1 aliphatic heterocycles. The van der Waals surface area contributed by atoms with Gasteiger partial charge >= 0.3 is 0 Å². The zero-order valence-electron chi connectivity index (χ0n) is 16.9. The van der Waals surface area contributed by atoms with Gasteiger partial charge in [-0.1, -0.05) is 24.3 Å². The first-order valence-corrected chi connectivity index (χ1v) is 9.82. The highest BCUT2D eigenvalue weighted by Crippen LogP contribution is 2.18. The summed E-state index contributed by atoms with van der Waals surface area (Å²) >= 11 is 0. The molecule has 6 nitrogen and oxygen atoms in total. The van der Waals surface area contributed by atoms with E-state index in [4.69, 9.17) is 4.42 Å². The zero-order chi connectivity index (χ0) is 20.1. The Hall–Kier alpha value is -2.60. The van der Waals surface area contributed by atoms with E-state index < -0.39 is 6.04 Å². The summed E-state index contributed by atoms with van der Waals surface area (Å²) in [6.45, 7) is 8.55. The van der Waals surface area contributed by atoms with Crippen LogP contribution in [-0.2, 0) is 22.7 Å². The van der Waals surface area contributed by atoms with E-state index in [1.165, 1.54) is 0 Å². The maximum Gasteiger partial charge on any atom is 0.237 e. The average molecular weight is 383 g/mol. The SMILES string of the molecule is Cc1ccccc1CN(C(=O)C[C@@H]1C(=O)NCCN1Cc1ccoc1)C(C)C. The number of carbonyl (C=O) groups is 2. The third kappa shape index (κ3) is 4.81. The fourth-order valence-corrected chi connectivity index (χ4v) is 3.60. The van der Waals surface area contributed by atoms with Gasteiger partial charge in [-0.2, -0.15) is 0 Å². The Bertz CT molecular complexity index is 801. The molecule has 0 bridgehead atoms. The number of nitrogens with one attached hydrogen (secondary N) is 1. The van der Waals surface area contributed by atoms with Gasteiger partial charge in [0.05, 0.1) is 25.0 Å². The minimum Gasteiger partial charge on any atom is -0.472 e. The molecule has 3 rings (SSSR count). The fourth-order valence-electron chi connectivity index (χ4n) is 3.60. The van der Waals surface area contributed by atoms with Crippen molar-refractivity contribution < 1.29 is 14.0 Å². The molecule has 28 heavy (non-hydrogen) atoms. The molecule has 1 fully saturated rings. The van der Waals surface area contributed by atoms with Crippen molar-refractivity contribution in [1.29, 1.82) is 0 Å². The van der Waals surface area contributed by atoms with Crippen LogP contribution in [0.4, 0.5) is 0 Å². The standard InChI is InChI=1S/C22H29N3O3/c1-16(2)25(14-19-7-5-4-6-17(19)3)21(26)12-20-22(27)23-9-10-24(20)13-18-8-11-28-15-18/h4-8,11,15-16,20H,9-10,12-14H2,1-3H3,(H,23,27)/t20-/m1/s1. The van der Waals surface area contributed by atoms with Crippen LogP contribution in [0.15, 0.2) is 47.3 Å². The Morgan fingerprint density at radius 3 is 2.79 bits per heavy atom. The van der Waals surface area contributed by atoms with Crippen molar-refractivity contribution in [2.75, 3.05) is 13.1 Å². The summed E-state index contributed by atoms with van der Waals surface area (Å²) in [7, 11) is 0. The molecule has 0 unspecified atom stereocenters. The number of piperazine rings is 1. The first kappa shape index (κ1) is 20.1. The maximum atomic E-state index is 13.2. The molecule has 1 atom stereocenters. The molecule has 2 amide bonds. The lowest BCUT2D eigenvalue weighted by molar-refractivity contribution is -0.140. The van der Waals surface area contributed by atoms with E-state index in [1.807, 2.05) is 36.9 Å². The molecule has 2 heterocycles. The average Bonchev–Trinajstić information content (AvgIpc) is 3.16. The summed E-state index contributed by atoms with van der Waals surface area (Å²) in [5.74, 6) is -0.0832. The lowest BCUT2D eigenvalue weighted by Crippen LogP contribution is -2.56. The van der Waals surface area contributed by atoms with Gasteiger partial charge in [-0.3, -0.25) is 14.5 Å². The maximum absolute atomic E-state index is 13.2. The van der Waals surface area contributed by atoms with Crippen molar-refractivity contribution in [2.24, 2.45) is 0 Å². The summed E-state index contributed by atoms with van der Waals surface area (Å²) in [6, 6.07) is 9.59. The molecule has 0 saturated carbocycles. The lowest BCUT2D eigenvalue weighted by atomic mass is 10.0. The smallest absolute Gasteiger partial charge is 0.237 e. The zero-order valence-corrected chi connectivity index (χ0v) is 16.9. The highest BCUT2D eigenvalue weighted by Gasteiger charge is 2.33. The Labute approximate surface area is 166 Å². The number of nitrogens with zero attached hydrogens (tertiary/aromatic N) is 2. The summed E-state index contributed by atoms with van der Waals surface area (Å²) in [5.41, 5.74) is 3.30. The van der Waals surface area contributed by atoms with Gasteiger partial charge in [0.1, 0.15) is 0 Å². The summed E-state index contributed by atoms with van der Waals surface area (Å²) in [6.07, 6.45) is 3.49. The van der Waals surface area contributed by atoms with Gasteiger partial charge in [0.2, 0.25) is 11.8 Å². The first-order valence-electron chi connectivity index (χ1n) is 9.82. The predicted octanol–water partition coefficient (Wildman–Crippen LogP) is 2.72. The van der Waals surface area contributed by atoms with Crippen LogP contribution >= 0.6 is 0 Å². The van der Waals surface area contributed by atoms with E-state index in [9.17, 15) is 9.59 Å². The monoisotopic (exact) mass is 383 g/mol. The van der Waals surface area contributed by atoms with E-state index in [2.05, 4.69) is 29.3 Å². The van der Waals surface area contributed by atoms with Gasteiger partial charge in [-0.05, 0) is 38.0 Å². The Balaban J connectivity index is 1.73. The third-order valence-corrected chi connectivity index (χ3v) is 5.32. The van der Waals surface area contributed by atoms with E-state index in [1.54, 1.807) is 12.5 Å². The molecule has 0 spiro atoms. The number of amides is 2. The topological polar surface area (TPSA) is 65.8 Å². The molecule has 6 heteroatoms. The molecule has 0 radical (unpaired) electrons. The minimum absolute atomic E-state index is 0.00232. The van der Waals surface area contributed by atoms with Gasteiger partial charge in [-0.25, -0.2) is 0 Å². The quantitative estimate of drug-likeness (QED) is 0.798. The lowest BCUT2D eigenvalue weighted by Gasteiger charge is -2.36. The Morgan fingerprint density at radius 2 is 2.11 bits per heavy atom. The predicted molar refractivity (Wildman–Crippen MR) is 107 cm³/mol. The molecule has 1 aromatic carbocycles. The van der Waals surface area contributed by atoms with Crippen molar-refractivity contribution in [2.45, 2.75) is 52.4 Å². The van der Waals surface area contributed by atoms with Gasteiger partial charge in [0.25, 0.3) is 0 Å². The molecular formula is C22H29N3O3. The second kappa shape index (κ2) is 9.06. The largest absolute Gasteiger partial charge is 0.472 e. The van der Waals surface area contributed by atoms with Crippen molar-refractivity contribution in [1.82, 2.24) is 15.1 Å². The van der Waals surface area contributed by atoms with Crippen molar-refractivity contribution in [3.05, 3.63) is 59.5 Å². The van der Waals surface area contributed by atoms with Crippen molar-refractivity contribution >= 4 is 11.8 Å². The van der Waals surface area contributed by atoms with E-state index in [0.29, 0.717) is 26.2 Å². The third-order valence-electron chi connectivity index (χ3n) is 5.32. The molecule has 1 N–H and O–H groups in total. The number of hydrogen-bond donors (Lipinski definition) is 1. The van der Waals surface area contributed by atoms with Crippen LogP contribution in [0.25, 0.3) is 0 Å². The summed E-state index contributed by atoms with van der Waals surface area (Å²) in [5, 5.41) is 2.90. The Morgan fingerprint density at radius 1 is 1.32 bits per heavy atom. The second-order valence-corrected chi connectivity index (χ2v) is 7.65. The van der Waals surface area contributed by atoms with Gasteiger partial charge in [0, 0.05) is 37.8 Å². The van der Waals surface area contributed by atoms with Crippen LogP contribution in [-0.4, -0.2) is 46.8 Å². The highest BCUT2D eigenvalue weighted by atomic mass is 16.3. The number of aryl methyl sites for hydroxylation is 1. The van der Waals surface area contributed by atoms with Crippen LogP contribution in [0.1, 0.15) is 37.0 Å². The number of furan rings is 1. The Kier molecular flexibility index (Phi) is 6.52. The molecule has 1 aromatic heterocycles. The minimum atomic E-state index is -0.464. The van der Waals surface area contributed by atoms with Crippen LogP contribution in [0.3, 0.4) is 0 Å². The second-order valence-electron chi connectivity index (χ2n) is 7.65. The number of benzene rings is 1. The van der Waals surface area contributed by atoms with Crippen molar-refractivity contribution in [3.63, 3.8) is 0 Å². The highest BCUT2D eigenvalue weighted by molar-refractivity contribution is 5.89.